The average molecular weight is 384 g/mol. The zero-order valence-corrected chi connectivity index (χ0v) is 17.6. The van der Waals surface area contributed by atoms with Gasteiger partial charge in [-0.2, -0.15) is 0 Å². The maximum Gasteiger partial charge on any atom is 0.231 e. The summed E-state index contributed by atoms with van der Waals surface area (Å²) in [5.74, 6) is 2.34. The summed E-state index contributed by atoms with van der Waals surface area (Å²) in [6, 6.07) is 6.11. The van der Waals surface area contributed by atoms with E-state index in [0.29, 0.717) is 5.92 Å². The van der Waals surface area contributed by atoms with Crippen LogP contribution in [-0.2, 0) is 4.79 Å². The standard InChI is InChI=1S/C24H33NO3/c1-16(2)6-5-7-18-8-10-20(21(12-18)24(26)25-14-17(3)4)19-9-11-22-23(13-19)28-15-27-22/h6,8-9,11,13,17,20-21H,5,7,10,12,14-15H2,1-4H3,(H,25,26)/t20-,21+/m0/s1. The van der Waals surface area contributed by atoms with Crippen molar-refractivity contribution in [2.24, 2.45) is 11.8 Å². The topological polar surface area (TPSA) is 47.6 Å². The Kier molecular flexibility index (Phi) is 6.82. The Morgan fingerprint density at radius 3 is 2.79 bits per heavy atom. The zero-order valence-electron chi connectivity index (χ0n) is 17.6. The number of rotatable bonds is 7. The molecule has 0 aromatic heterocycles. The van der Waals surface area contributed by atoms with Crippen molar-refractivity contribution in [3.05, 3.63) is 47.1 Å². The van der Waals surface area contributed by atoms with Gasteiger partial charge in [0.15, 0.2) is 11.5 Å². The Labute approximate surface area is 169 Å². The summed E-state index contributed by atoms with van der Waals surface area (Å²) < 4.78 is 11.0. The molecule has 4 nitrogen and oxygen atoms in total. The van der Waals surface area contributed by atoms with Gasteiger partial charge < -0.3 is 14.8 Å². The Balaban J connectivity index is 1.78. The molecular formula is C24H33NO3. The first-order valence-electron chi connectivity index (χ1n) is 10.4. The number of hydrogen-bond donors (Lipinski definition) is 1. The lowest BCUT2D eigenvalue weighted by Crippen LogP contribution is -2.37. The second kappa shape index (κ2) is 9.31. The molecule has 1 aliphatic heterocycles. The fourth-order valence-corrected chi connectivity index (χ4v) is 3.94. The van der Waals surface area contributed by atoms with Gasteiger partial charge in [0, 0.05) is 12.5 Å². The predicted molar refractivity (Wildman–Crippen MR) is 113 cm³/mol. The van der Waals surface area contributed by atoms with Crippen LogP contribution in [0.4, 0.5) is 0 Å². The summed E-state index contributed by atoms with van der Waals surface area (Å²) in [5.41, 5.74) is 3.91. The largest absolute Gasteiger partial charge is 0.454 e. The molecule has 0 fully saturated rings. The molecule has 1 N–H and O–H groups in total. The lowest BCUT2D eigenvalue weighted by molar-refractivity contribution is -0.126. The molecule has 1 aromatic carbocycles. The molecule has 2 atom stereocenters. The van der Waals surface area contributed by atoms with Crippen LogP contribution in [0.15, 0.2) is 41.5 Å². The van der Waals surface area contributed by atoms with E-state index in [1.165, 1.54) is 11.1 Å². The number of allylic oxidation sites excluding steroid dienone is 4. The van der Waals surface area contributed by atoms with Crippen LogP contribution in [0.3, 0.4) is 0 Å². The fraction of sp³-hybridized carbons (Fsp3) is 0.542. The first kappa shape index (κ1) is 20.5. The number of ether oxygens (including phenoxy) is 2. The molecular weight excluding hydrogens is 350 g/mol. The average Bonchev–Trinajstić information content (AvgIpc) is 3.13. The normalized spacial score (nSPS) is 20.7. The van der Waals surface area contributed by atoms with Crippen molar-refractivity contribution in [3.8, 4) is 11.5 Å². The summed E-state index contributed by atoms with van der Waals surface area (Å²) in [7, 11) is 0. The van der Waals surface area contributed by atoms with E-state index in [0.717, 1.165) is 49.3 Å². The minimum atomic E-state index is -0.0363. The van der Waals surface area contributed by atoms with E-state index >= 15 is 0 Å². The molecule has 28 heavy (non-hydrogen) atoms. The van der Waals surface area contributed by atoms with Crippen LogP contribution in [0.2, 0.25) is 0 Å². The van der Waals surface area contributed by atoms with Crippen molar-refractivity contribution >= 4 is 5.91 Å². The highest BCUT2D eigenvalue weighted by atomic mass is 16.7. The van der Waals surface area contributed by atoms with Crippen molar-refractivity contribution in [2.45, 2.75) is 59.3 Å². The highest BCUT2D eigenvalue weighted by Gasteiger charge is 2.33. The predicted octanol–water partition coefficient (Wildman–Crippen LogP) is 5.35. The minimum Gasteiger partial charge on any atom is -0.454 e. The molecule has 0 bridgehead atoms. The number of benzene rings is 1. The lowest BCUT2D eigenvalue weighted by Gasteiger charge is -2.31. The van der Waals surface area contributed by atoms with Gasteiger partial charge in [-0.15, -0.1) is 0 Å². The Bertz CT molecular complexity index is 759. The summed E-state index contributed by atoms with van der Waals surface area (Å²) in [4.78, 5) is 13.0. The Hall–Kier alpha value is -2.23. The number of amides is 1. The maximum absolute atomic E-state index is 13.0. The van der Waals surface area contributed by atoms with E-state index in [4.69, 9.17) is 9.47 Å². The van der Waals surface area contributed by atoms with Gasteiger partial charge in [-0.25, -0.2) is 0 Å². The quantitative estimate of drug-likeness (QED) is 0.645. The third-order valence-corrected chi connectivity index (χ3v) is 5.49. The molecule has 0 radical (unpaired) electrons. The molecule has 1 aromatic rings. The first-order chi connectivity index (χ1) is 13.4. The molecule has 0 spiro atoms. The first-order valence-corrected chi connectivity index (χ1v) is 10.4. The molecule has 1 amide bonds. The molecule has 1 heterocycles. The van der Waals surface area contributed by atoms with E-state index in [-0.39, 0.29) is 24.5 Å². The van der Waals surface area contributed by atoms with E-state index in [2.05, 4.69) is 57.3 Å². The third kappa shape index (κ3) is 5.18. The van der Waals surface area contributed by atoms with Gasteiger partial charge in [-0.1, -0.05) is 43.2 Å². The monoisotopic (exact) mass is 383 g/mol. The van der Waals surface area contributed by atoms with Crippen LogP contribution in [0.1, 0.15) is 64.9 Å². The van der Waals surface area contributed by atoms with E-state index in [1.54, 1.807) is 0 Å². The number of fused-ring (bicyclic) bond motifs is 1. The van der Waals surface area contributed by atoms with Gasteiger partial charge in [0.25, 0.3) is 0 Å². The summed E-state index contributed by atoms with van der Waals surface area (Å²) in [6.07, 6.45) is 8.43. The molecule has 0 saturated carbocycles. The van der Waals surface area contributed by atoms with Crippen LogP contribution in [0, 0.1) is 11.8 Å². The summed E-state index contributed by atoms with van der Waals surface area (Å²) >= 11 is 0. The fourth-order valence-electron chi connectivity index (χ4n) is 3.94. The number of nitrogens with one attached hydrogen (secondary N) is 1. The summed E-state index contributed by atoms with van der Waals surface area (Å²) in [5, 5.41) is 3.16. The van der Waals surface area contributed by atoms with Gasteiger partial charge in [-0.3, -0.25) is 4.79 Å². The number of carbonyl (C=O) groups is 1. The molecule has 4 heteroatoms. The van der Waals surface area contributed by atoms with Gasteiger partial charge >= 0.3 is 0 Å². The van der Waals surface area contributed by atoms with Crippen molar-refractivity contribution in [1.82, 2.24) is 5.32 Å². The van der Waals surface area contributed by atoms with Crippen LogP contribution in [0.5, 0.6) is 11.5 Å². The number of carbonyl (C=O) groups excluding carboxylic acids is 1. The second-order valence-electron chi connectivity index (χ2n) is 8.59. The SMILES string of the molecule is CC(C)=CCCC1=CC[C@@H](c2ccc3c(c2)OCO3)[C@H](C(=O)NCC(C)C)C1. The maximum atomic E-state index is 13.0. The zero-order chi connectivity index (χ0) is 20.1. The van der Waals surface area contributed by atoms with E-state index < -0.39 is 0 Å². The molecule has 152 valence electrons. The third-order valence-electron chi connectivity index (χ3n) is 5.49. The van der Waals surface area contributed by atoms with Crippen LogP contribution in [-0.4, -0.2) is 19.2 Å². The molecule has 3 rings (SSSR count). The number of hydrogen-bond acceptors (Lipinski definition) is 3. The Morgan fingerprint density at radius 1 is 1.25 bits per heavy atom. The van der Waals surface area contributed by atoms with E-state index in [1.807, 2.05) is 6.07 Å². The smallest absolute Gasteiger partial charge is 0.231 e. The highest BCUT2D eigenvalue weighted by Crippen LogP contribution is 2.42. The van der Waals surface area contributed by atoms with Crippen LogP contribution in [0.25, 0.3) is 0 Å². The van der Waals surface area contributed by atoms with Gasteiger partial charge in [0.2, 0.25) is 12.7 Å². The molecule has 1 aliphatic carbocycles. The Morgan fingerprint density at radius 2 is 2.04 bits per heavy atom. The highest BCUT2D eigenvalue weighted by molar-refractivity contribution is 5.80. The lowest BCUT2D eigenvalue weighted by atomic mass is 9.74. The van der Waals surface area contributed by atoms with Crippen molar-refractivity contribution in [1.29, 1.82) is 0 Å². The molecule has 0 unspecified atom stereocenters. The van der Waals surface area contributed by atoms with Crippen molar-refractivity contribution < 1.29 is 14.3 Å². The van der Waals surface area contributed by atoms with Crippen LogP contribution >= 0.6 is 0 Å². The van der Waals surface area contributed by atoms with Gasteiger partial charge in [-0.05, 0) is 69.1 Å². The van der Waals surface area contributed by atoms with Crippen molar-refractivity contribution in [2.75, 3.05) is 13.3 Å². The minimum absolute atomic E-state index is 0.0363. The molecule has 2 aliphatic rings. The second-order valence-corrected chi connectivity index (χ2v) is 8.59. The van der Waals surface area contributed by atoms with Gasteiger partial charge in [0.1, 0.15) is 0 Å². The summed E-state index contributed by atoms with van der Waals surface area (Å²) in [6.45, 7) is 9.51. The van der Waals surface area contributed by atoms with Gasteiger partial charge in [0.05, 0.1) is 0 Å². The van der Waals surface area contributed by atoms with Crippen LogP contribution < -0.4 is 14.8 Å². The van der Waals surface area contributed by atoms with Crippen molar-refractivity contribution in [3.63, 3.8) is 0 Å². The van der Waals surface area contributed by atoms with E-state index in [9.17, 15) is 4.79 Å². The molecule has 0 saturated heterocycles.